The molecule has 0 unspecified atom stereocenters. The van der Waals surface area contributed by atoms with Gasteiger partial charge in [-0.25, -0.2) is 4.98 Å². The van der Waals surface area contributed by atoms with E-state index in [2.05, 4.69) is 10.3 Å². The van der Waals surface area contributed by atoms with Gasteiger partial charge in [-0.05, 0) is 69.2 Å². The summed E-state index contributed by atoms with van der Waals surface area (Å²) < 4.78 is 43.1. The van der Waals surface area contributed by atoms with E-state index >= 15 is 0 Å². The van der Waals surface area contributed by atoms with Crippen LogP contribution in [-0.4, -0.2) is 26.6 Å². The first-order chi connectivity index (χ1) is 17.3. The van der Waals surface area contributed by atoms with Crippen LogP contribution < -0.4 is 5.32 Å². The van der Waals surface area contributed by atoms with E-state index in [1.807, 2.05) is 38.1 Å². The molecule has 1 aromatic heterocycles. The quantitative estimate of drug-likeness (QED) is 0.309. The van der Waals surface area contributed by atoms with Crippen LogP contribution >= 0.6 is 0 Å². The number of hydrogen-bond acceptors (Lipinski definition) is 3. The molecule has 37 heavy (non-hydrogen) atoms. The van der Waals surface area contributed by atoms with Crippen LogP contribution in [0.4, 0.5) is 13.2 Å². The Morgan fingerprint density at radius 2 is 1.62 bits per heavy atom. The highest BCUT2D eigenvalue weighted by molar-refractivity contribution is 5.94. The molecule has 0 aliphatic rings. The van der Waals surface area contributed by atoms with E-state index in [1.165, 1.54) is 32.0 Å². The lowest BCUT2D eigenvalue weighted by atomic mass is 10.0. The Labute approximate surface area is 213 Å². The van der Waals surface area contributed by atoms with Gasteiger partial charge in [0.1, 0.15) is 11.4 Å². The summed E-state index contributed by atoms with van der Waals surface area (Å²) in [5.41, 5.74) is 0.734. The van der Waals surface area contributed by atoms with E-state index in [4.69, 9.17) is 0 Å². The van der Waals surface area contributed by atoms with Crippen molar-refractivity contribution in [2.75, 3.05) is 0 Å². The molecule has 0 fully saturated rings. The fraction of sp³-hybridized carbons (Fsp3) is 0.241. The first kappa shape index (κ1) is 26.2. The molecule has 0 bridgehead atoms. The third-order valence-corrected chi connectivity index (χ3v) is 5.83. The highest BCUT2D eigenvalue weighted by atomic mass is 19.4. The maximum absolute atomic E-state index is 13.8. The summed E-state index contributed by atoms with van der Waals surface area (Å²) in [6.45, 7) is 6.84. The molecule has 0 atom stereocenters. The minimum atomic E-state index is -4.58. The molecule has 3 aromatic carbocycles. The summed E-state index contributed by atoms with van der Waals surface area (Å²) in [6.07, 6.45) is -3.02. The predicted octanol–water partition coefficient (Wildman–Crippen LogP) is 6.59. The Balaban J connectivity index is 1.80. The Kier molecular flexibility index (Phi) is 6.97. The molecule has 1 heterocycles. The van der Waals surface area contributed by atoms with Crippen molar-refractivity contribution in [3.05, 3.63) is 95.8 Å². The van der Waals surface area contributed by atoms with Crippen LogP contribution in [-0.2, 0) is 11.8 Å². The van der Waals surface area contributed by atoms with Gasteiger partial charge in [0.25, 0.3) is 5.91 Å². The zero-order valence-electron chi connectivity index (χ0n) is 21.0. The Morgan fingerprint density at radius 1 is 0.946 bits per heavy atom. The van der Waals surface area contributed by atoms with Crippen LogP contribution in [0.15, 0.2) is 79.0 Å². The first-order valence-electron chi connectivity index (χ1n) is 11.8. The highest BCUT2D eigenvalue weighted by Crippen LogP contribution is 2.38. The van der Waals surface area contributed by atoms with E-state index in [0.29, 0.717) is 11.3 Å². The molecular formula is C29H28F3N3O2. The zero-order chi connectivity index (χ0) is 27.0. The van der Waals surface area contributed by atoms with Crippen molar-refractivity contribution >= 4 is 5.91 Å². The molecule has 4 aromatic rings. The predicted molar refractivity (Wildman–Crippen MR) is 137 cm³/mol. The van der Waals surface area contributed by atoms with E-state index in [0.717, 1.165) is 17.2 Å². The minimum absolute atomic E-state index is 0.0181. The van der Waals surface area contributed by atoms with Crippen molar-refractivity contribution in [3.63, 3.8) is 0 Å². The van der Waals surface area contributed by atoms with Gasteiger partial charge in [-0.2, -0.15) is 13.2 Å². The smallest absolute Gasteiger partial charge is 0.384 e. The Morgan fingerprint density at radius 3 is 2.24 bits per heavy atom. The number of imidazole rings is 1. The topological polar surface area (TPSA) is 67.2 Å². The molecular weight excluding hydrogens is 479 g/mol. The van der Waals surface area contributed by atoms with Crippen LogP contribution in [0, 0.1) is 0 Å². The monoisotopic (exact) mass is 507 g/mol. The normalized spacial score (nSPS) is 12.1. The maximum Gasteiger partial charge on any atom is 0.417 e. The van der Waals surface area contributed by atoms with Gasteiger partial charge in [-0.1, -0.05) is 42.5 Å². The van der Waals surface area contributed by atoms with Crippen LogP contribution in [0.2, 0.25) is 0 Å². The van der Waals surface area contributed by atoms with Gasteiger partial charge in [-0.3, -0.25) is 9.36 Å². The fourth-order valence-electron chi connectivity index (χ4n) is 3.98. The number of nitrogens with one attached hydrogen (secondary N) is 1. The van der Waals surface area contributed by atoms with E-state index in [-0.39, 0.29) is 29.0 Å². The molecule has 2 N–H and O–H groups in total. The summed E-state index contributed by atoms with van der Waals surface area (Å²) in [5, 5.41) is 13.4. The third-order valence-electron chi connectivity index (χ3n) is 5.83. The van der Waals surface area contributed by atoms with Crippen molar-refractivity contribution in [1.82, 2.24) is 14.9 Å². The number of rotatable bonds is 6. The zero-order valence-corrected chi connectivity index (χ0v) is 21.0. The lowest BCUT2D eigenvalue weighted by Gasteiger charge is -2.15. The summed E-state index contributed by atoms with van der Waals surface area (Å²) in [7, 11) is 0. The number of carbonyl (C=O) groups excluding carboxylic acids is 1. The number of nitrogens with zero attached hydrogens (tertiary/aromatic N) is 2. The lowest BCUT2D eigenvalue weighted by Crippen LogP contribution is -2.29. The average molecular weight is 508 g/mol. The summed E-state index contributed by atoms with van der Waals surface area (Å²) >= 11 is 0. The highest BCUT2D eigenvalue weighted by Gasteiger charge is 2.35. The summed E-state index contributed by atoms with van der Waals surface area (Å²) in [6, 6.07) is 19.7. The number of alkyl halides is 3. The molecule has 0 aliphatic heterocycles. The maximum atomic E-state index is 13.8. The molecule has 0 spiro atoms. The molecule has 0 aliphatic carbocycles. The number of aliphatic hydroxyl groups is 1. The van der Waals surface area contributed by atoms with Crippen molar-refractivity contribution < 1.29 is 23.1 Å². The van der Waals surface area contributed by atoms with E-state index in [1.54, 1.807) is 35.0 Å². The van der Waals surface area contributed by atoms with Crippen LogP contribution in [0.1, 0.15) is 49.3 Å². The van der Waals surface area contributed by atoms with E-state index in [9.17, 15) is 23.1 Å². The summed E-state index contributed by atoms with van der Waals surface area (Å²) in [4.78, 5) is 16.7. The molecule has 0 saturated heterocycles. The Hall–Kier alpha value is -3.91. The van der Waals surface area contributed by atoms with Crippen LogP contribution in [0.3, 0.4) is 0 Å². The first-order valence-corrected chi connectivity index (χ1v) is 11.8. The summed E-state index contributed by atoms with van der Waals surface area (Å²) in [5.74, 6) is -0.0938. The largest absolute Gasteiger partial charge is 0.417 e. The molecule has 4 rings (SSSR count). The number of aromatic nitrogens is 2. The number of halogens is 3. The number of hydrogen-bond donors (Lipinski definition) is 2. The molecule has 8 heteroatoms. The van der Waals surface area contributed by atoms with Crippen molar-refractivity contribution in [3.8, 4) is 28.2 Å². The number of carbonyl (C=O) groups is 1. The minimum Gasteiger partial charge on any atom is -0.384 e. The van der Waals surface area contributed by atoms with Gasteiger partial charge in [0.15, 0.2) is 0 Å². The molecule has 0 radical (unpaired) electrons. The van der Waals surface area contributed by atoms with Gasteiger partial charge in [0.05, 0.1) is 11.3 Å². The number of benzene rings is 3. The standard InChI is InChI=1S/C29H28F3N3O2/c1-18(2)33-27(36)20-14-12-19(13-15-20)21-8-7-9-22(16-21)35-17-25(28(3,4)37)34-26(35)23-10-5-6-11-24(23)29(30,31)32/h5-18,37H,1-4H3,(H,33,36). The lowest BCUT2D eigenvalue weighted by molar-refractivity contribution is -0.137. The molecule has 5 nitrogen and oxygen atoms in total. The second-order valence-electron chi connectivity index (χ2n) is 9.68. The Bertz CT molecular complexity index is 1420. The second kappa shape index (κ2) is 9.86. The van der Waals surface area contributed by atoms with Gasteiger partial charge in [0.2, 0.25) is 0 Å². The van der Waals surface area contributed by atoms with E-state index < -0.39 is 17.3 Å². The van der Waals surface area contributed by atoms with Crippen molar-refractivity contribution in [1.29, 1.82) is 0 Å². The van der Waals surface area contributed by atoms with Gasteiger partial charge in [0, 0.05) is 29.1 Å². The van der Waals surface area contributed by atoms with Crippen molar-refractivity contribution in [2.45, 2.75) is 45.5 Å². The fourth-order valence-corrected chi connectivity index (χ4v) is 3.98. The third kappa shape index (κ3) is 5.75. The molecule has 1 amide bonds. The van der Waals surface area contributed by atoms with Crippen molar-refractivity contribution in [2.24, 2.45) is 0 Å². The van der Waals surface area contributed by atoms with Gasteiger partial charge >= 0.3 is 6.18 Å². The molecule has 0 saturated carbocycles. The SMILES string of the molecule is CC(C)NC(=O)c1ccc(-c2cccc(-n3cc(C(C)(C)O)nc3-c3ccccc3C(F)(F)F)c2)cc1. The van der Waals surface area contributed by atoms with Crippen LogP contribution in [0.5, 0.6) is 0 Å². The van der Waals surface area contributed by atoms with Gasteiger partial charge in [-0.15, -0.1) is 0 Å². The van der Waals surface area contributed by atoms with Crippen LogP contribution in [0.25, 0.3) is 28.2 Å². The van der Waals surface area contributed by atoms with Gasteiger partial charge < -0.3 is 10.4 Å². The molecule has 192 valence electrons. The average Bonchev–Trinajstić information content (AvgIpc) is 3.29. The number of amides is 1. The second-order valence-corrected chi connectivity index (χ2v) is 9.68.